The van der Waals surface area contributed by atoms with Gasteiger partial charge in [-0.2, -0.15) is 22.0 Å². The van der Waals surface area contributed by atoms with Crippen molar-refractivity contribution in [3.63, 3.8) is 0 Å². The Hall–Kier alpha value is -2.84. The second kappa shape index (κ2) is 8.50. The highest BCUT2D eigenvalue weighted by molar-refractivity contribution is 7.93. The average Bonchev–Trinajstić information content (AvgIpc) is 3.26. The number of benzene rings is 2. The third kappa shape index (κ3) is 4.91. The molecule has 0 unspecified atom stereocenters. The molecule has 176 valence electrons. The second-order valence-electron chi connectivity index (χ2n) is 6.50. The van der Waals surface area contributed by atoms with E-state index in [1.807, 2.05) is 0 Å². The fourth-order valence-electron chi connectivity index (χ4n) is 2.54. The normalized spacial score (nSPS) is 13.0. The number of hydrogen-bond donors (Lipinski definition) is 1. The number of rotatable bonds is 6. The molecule has 0 aliphatic carbocycles. The Morgan fingerprint density at radius 2 is 1.39 bits per heavy atom. The van der Waals surface area contributed by atoms with E-state index in [9.17, 15) is 43.6 Å². The van der Waals surface area contributed by atoms with Gasteiger partial charge in [-0.25, -0.2) is 21.6 Å². The first-order chi connectivity index (χ1) is 15.2. The van der Waals surface area contributed by atoms with Crippen molar-refractivity contribution >= 4 is 37.1 Å². The SMILES string of the molecule is O=C(NS(=O)(=O)c1cc(S(=O)(=O)c2ccccc2)cs1)c1ccc(C(F)(F)C(F)(F)F)cc1. The lowest BCUT2D eigenvalue weighted by molar-refractivity contribution is -0.289. The number of amides is 1. The van der Waals surface area contributed by atoms with E-state index in [-0.39, 0.29) is 9.79 Å². The van der Waals surface area contributed by atoms with Crippen LogP contribution in [0.15, 0.2) is 80.0 Å². The summed E-state index contributed by atoms with van der Waals surface area (Å²) in [7, 11) is -8.58. The summed E-state index contributed by atoms with van der Waals surface area (Å²) in [6.45, 7) is 0. The highest BCUT2D eigenvalue weighted by Crippen LogP contribution is 2.43. The van der Waals surface area contributed by atoms with Gasteiger partial charge in [-0.1, -0.05) is 30.3 Å². The summed E-state index contributed by atoms with van der Waals surface area (Å²) in [6, 6.07) is 9.95. The van der Waals surface area contributed by atoms with E-state index < -0.39 is 53.2 Å². The molecule has 1 amide bonds. The number of hydrogen-bond acceptors (Lipinski definition) is 6. The van der Waals surface area contributed by atoms with Crippen LogP contribution >= 0.6 is 11.3 Å². The van der Waals surface area contributed by atoms with Gasteiger partial charge in [-0.3, -0.25) is 4.79 Å². The van der Waals surface area contributed by atoms with Crippen LogP contribution in [-0.2, 0) is 25.8 Å². The van der Waals surface area contributed by atoms with Gasteiger partial charge in [0.2, 0.25) is 9.84 Å². The lowest BCUT2D eigenvalue weighted by atomic mass is 10.1. The minimum atomic E-state index is -5.85. The summed E-state index contributed by atoms with van der Waals surface area (Å²) in [6.07, 6.45) is -5.85. The third-order valence-corrected chi connectivity index (χ3v) is 8.94. The van der Waals surface area contributed by atoms with Crippen molar-refractivity contribution in [2.75, 3.05) is 0 Å². The van der Waals surface area contributed by atoms with Crippen molar-refractivity contribution in [1.29, 1.82) is 0 Å². The molecule has 0 radical (unpaired) electrons. The van der Waals surface area contributed by atoms with Crippen molar-refractivity contribution in [2.24, 2.45) is 0 Å². The van der Waals surface area contributed by atoms with E-state index in [4.69, 9.17) is 0 Å². The molecule has 1 heterocycles. The van der Waals surface area contributed by atoms with Crippen molar-refractivity contribution < 1.29 is 43.6 Å². The van der Waals surface area contributed by atoms with Crippen LogP contribution in [0.2, 0.25) is 0 Å². The van der Waals surface area contributed by atoms with E-state index in [0.29, 0.717) is 35.6 Å². The highest BCUT2D eigenvalue weighted by atomic mass is 32.2. The maximum atomic E-state index is 13.3. The Labute approximate surface area is 188 Å². The van der Waals surface area contributed by atoms with Gasteiger partial charge < -0.3 is 0 Å². The maximum Gasteiger partial charge on any atom is 0.458 e. The van der Waals surface area contributed by atoms with Gasteiger partial charge in [-0.15, -0.1) is 11.3 Å². The third-order valence-electron chi connectivity index (χ3n) is 4.27. The molecule has 6 nitrogen and oxygen atoms in total. The molecule has 0 fully saturated rings. The molecule has 14 heteroatoms. The molecule has 0 aliphatic rings. The zero-order chi connectivity index (χ0) is 24.7. The second-order valence-corrected chi connectivity index (χ2v) is 11.3. The van der Waals surface area contributed by atoms with Crippen molar-refractivity contribution in [2.45, 2.75) is 26.1 Å². The number of nitrogens with one attached hydrogen (secondary N) is 1. The van der Waals surface area contributed by atoms with Crippen LogP contribution in [0.5, 0.6) is 0 Å². The monoisotopic (exact) mass is 525 g/mol. The average molecular weight is 525 g/mol. The van der Waals surface area contributed by atoms with E-state index in [0.717, 1.165) is 11.4 Å². The molecule has 0 aliphatic heterocycles. The van der Waals surface area contributed by atoms with Gasteiger partial charge in [0.05, 0.1) is 9.79 Å². The summed E-state index contributed by atoms with van der Waals surface area (Å²) in [5.74, 6) is -6.47. The van der Waals surface area contributed by atoms with Gasteiger partial charge in [-0.05, 0) is 30.3 Å². The maximum absolute atomic E-state index is 13.3. The molecule has 1 N–H and O–H groups in total. The zero-order valence-electron chi connectivity index (χ0n) is 16.0. The zero-order valence-corrected chi connectivity index (χ0v) is 18.5. The van der Waals surface area contributed by atoms with Crippen LogP contribution in [0.1, 0.15) is 15.9 Å². The number of alkyl halides is 5. The summed E-state index contributed by atoms with van der Waals surface area (Å²) in [5, 5.41) is 1.06. The Morgan fingerprint density at radius 3 is 1.94 bits per heavy atom. The van der Waals surface area contributed by atoms with Crippen LogP contribution < -0.4 is 4.72 Å². The molecule has 0 atom stereocenters. The first-order valence-corrected chi connectivity index (χ1v) is 12.5. The van der Waals surface area contributed by atoms with Crippen LogP contribution in [0, 0.1) is 0 Å². The number of carbonyl (C=O) groups excluding carboxylic acids is 1. The Bertz CT molecular complexity index is 1380. The number of sulfonamides is 1. The van der Waals surface area contributed by atoms with Gasteiger partial charge in [0.1, 0.15) is 4.21 Å². The molecule has 2 aromatic carbocycles. The van der Waals surface area contributed by atoms with Crippen molar-refractivity contribution in [1.82, 2.24) is 4.72 Å². The molecule has 33 heavy (non-hydrogen) atoms. The molecule has 0 spiro atoms. The van der Waals surface area contributed by atoms with Crippen LogP contribution in [-0.4, -0.2) is 28.9 Å². The quantitative estimate of drug-likeness (QED) is 0.483. The molecular weight excluding hydrogens is 513 g/mol. The Kier molecular flexibility index (Phi) is 6.39. The number of carbonyl (C=O) groups is 1. The molecule has 1 aromatic heterocycles. The van der Waals surface area contributed by atoms with Crippen molar-refractivity contribution in [3.05, 3.63) is 77.2 Å². The standard InChI is InChI=1S/C19H12F5NO5S3/c20-18(21,19(22,23)24)13-8-6-12(7-9-13)17(26)25-33(29,30)16-10-15(11-31-16)32(27,28)14-4-2-1-3-5-14/h1-11H,(H,25,26). The van der Waals surface area contributed by atoms with Crippen LogP contribution in [0.25, 0.3) is 0 Å². The van der Waals surface area contributed by atoms with E-state index in [1.54, 1.807) is 10.8 Å². The van der Waals surface area contributed by atoms with Crippen molar-refractivity contribution in [3.8, 4) is 0 Å². The summed E-state index contributed by atoms with van der Waals surface area (Å²) in [5.41, 5.74) is -1.93. The summed E-state index contributed by atoms with van der Waals surface area (Å²) < 4.78 is 115. The molecule has 0 bridgehead atoms. The van der Waals surface area contributed by atoms with E-state index in [1.165, 1.54) is 24.3 Å². The van der Waals surface area contributed by atoms with Gasteiger partial charge >= 0.3 is 12.1 Å². The predicted octanol–water partition coefficient (Wildman–Crippen LogP) is 4.35. The van der Waals surface area contributed by atoms with Gasteiger partial charge in [0.15, 0.2) is 0 Å². The lowest BCUT2D eigenvalue weighted by Crippen LogP contribution is -2.34. The summed E-state index contributed by atoms with van der Waals surface area (Å²) >= 11 is 0.518. The largest absolute Gasteiger partial charge is 0.458 e. The van der Waals surface area contributed by atoms with Crippen LogP contribution in [0.4, 0.5) is 22.0 Å². The highest BCUT2D eigenvalue weighted by Gasteiger charge is 2.58. The van der Waals surface area contributed by atoms with E-state index >= 15 is 0 Å². The molecule has 0 saturated heterocycles. The smallest absolute Gasteiger partial charge is 0.268 e. The Balaban J connectivity index is 1.81. The predicted molar refractivity (Wildman–Crippen MR) is 107 cm³/mol. The minimum Gasteiger partial charge on any atom is -0.268 e. The van der Waals surface area contributed by atoms with Gasteiger partial charge in [0.25, 0.3) is 15.9 Å². The first kappa shape index (κ1) is 24.8. The summed E-state index contributed by atoms with van der Waals surface area (Å²) in [4.78, 5) is 11.8. The van der Waals surface area contributed by atoms with E-state index in [2.05, 4.69) is 0 Å². The number of thiophene rings is 1. The van der Waals surface area contributed by atoms with Crippen LogP contribution in [0.3, 0.4) is 0 Å². The Morgan fingerprint density at radius 1 is 0.818 bits per heavy atom. The fraction of sp³-hybridized carbons (Fsp3) is 0.105. The first-order valence-electron chi connectivity index (χ1n) is 8.67. The fourth-order valence-corrected chi connectivity index (χ4v) is 6.42. The molecular formula is C19H12F5NO5S3. The van der Waals surface area contributed by atoms with Gasteiger partial charge in [0, 0.05) is 16.5 Å². The lowest BCUT2D eigenvalue weighted by Gasteiger charge is -2.19. The minimum absolute atomic E-state index is 0.0773. The number of halogens is 5. The molecule has 3 aromatic rings. The molecule has 0 saturated carbocycles. The topological polar surface area (TPSA) is 97.4 Å². The molecule has 3 rings (SSSR count). The number of sulfone groups is 1.